The fourth-order valence-electron chi connectivity index (χ4n) is 2.71. The van der Waals surface area contributed by atoms with Crippen molar-refractivity contribution in [1.82, 2.24) is 10.3 Å². The number of aromatic nitrogens is 1. The predicted octanol–water partition coefficient (Wildman–Crippen LogP) is 3.83. The number of anilines is 1. The summed E-state index contributed by atoms with van der Waals surface area (Å²) in [5, 5.41) is 5.73. The van der Waals surface area contributed by atoms with Crippen LogP contribution in [0.1, 0.15) is 38.8 Å². The summed E-state index contributed by atoms with van der Waals surface area (Å²) in [4.78, 5) is 29.0. The van der Waals surface area contributed by atoms with Gasteiger partial charge in [-0.1, -0.05) is 55.5 Å². The maximum Gasteiger partial charge on any atom is 0.257 e. The van der Waals surface area contributed by atoms with Crippen LogP contribution in [0.3, 0.4) is 0 Å². The lowest BCUT2D eigenvalue weighted by molar-refractivity contribution is 0.0950. The Hall–Kier alpha value is -3.47. The van der Waals surface area contributed by atoms with Crippen LogP contribution in [0.5, 0.6) is 0 Å². The number of pyridine rings is 1. The standard InChI is InChI=1S/C22H21N3O2/c1-2-17-10-6-7-11-20(17)25-22(27)19-12-18(14-23-15-19)21(26)24-13-16-8-4-3-5-9-16/h3-12,14-15H,2,13H2,1H3,(H,24,26)(H,25,27). The molecule has 0 bridgehead atoms. The highest BCUT2D eigenvalue weighted by atomic mass is 16.2. The Morgan fingerprint density at radius 3 is 2.30 bits per heavy atom. The van der Waals surface area contributed by atoms with Gasteiger partial charge in [-0.2, -0.15) is 0 Å². The van der Waals surface area contributed by atoms with Crippen molar-refractivity contribution in [1.29, 1.82) is 0 Å². The number of hydrogen-bond donors (Lipinski definition) is 2. The second-order valence-electron chi connectivity index (χ2n) is 6.10. The lowest BCUT2D eigenvalue weighted by Crippen LogP contribution is -2.23. The van der Waals surface area contributed by atoms with E-state index in [1.54, 1.807) is 6.07 Å². The van der Waals surface area contributed by atoms with Gasteiger partial charge in [0.25, 0.3) is 11.8 Å². The number of nitrogens with one attached hydrogen (secondary N) is 2. The van der Waals surface area contributed by atoms with Crippen LogP contribution in [0.25, 0.3) is 0 Å². The molecular formula is C22H21N3O2. The van der Waals surface area contributed by atoms with Gasteiger partial charge in [-0.15, -0.1) is 0 Å². The van der Waals surface area contributed by atoms with Gasteiger partial charge in [0, 0.05) is 24.6 Å². The van der Waals surface area contributed by atoms with E-state index in [1.807, 2.05) is 61.5 Å². The number of amides is 2. The number of nitrogens with zero attached hydrogens (tertiary/aromatic N) is 1. The first-order valence-electron chi connectivity index (χ1n) is 8.84. The normalized spacial score (nSPS) is 10.3. The van der Waals surface area contributed by atoms with Crippen LogP contribution in [-0.2, 0) is 13.0 Å². The second-order valence-corrected chi connectivity index (χ2v) is 6.10. The lowest BCUT2D eigenvalue weighted by Gasteiger charge is -2.10. The zero-order valence-corrected chi connectivity index (χ0v) is 15.1. The summed E-state index contributed by atoms with van der Waals surface area (Å²) in [5.41, 5.74) is 3.51. The van der Waals surface area contributed by atoms with Gasteiger partial charge in [0.05, 0.1) is 11.1 Å². The van der Waals surface area contributed by atoms with Crippen molar-refractivity contribution in [3.8, 4) is 0 Å². The van der Waals surface area contributed by atoms with E-state index in [0.717, 1.165) is 23.2 Å². The summed E-state index contributed by atoms with van der Waals surface area (Å²) < 4.78 is 0. The quantitative estimate of drug-likeness (QED) is 0.703. The Labute approximate surface area is 158 Å². The monoisotopic (exact) mass is 359 g/mol. The van der Waals surface area contributed by atoms with Crippen LogP contribution in [0.2, 0.25) is 0 Å². The minimum atomic E-state index is -0.291. The molecule has 1 aromatic heterocycles. The topological polar surface area (TPSA) is 71.1 Å². The third-order valence-corrected chi connectivity index (χ3v) is 4.20. The summed E-state index contributed by atoms with van der Waals surface area (Å²) in [7, 11) is 0. The molecule has 0 unspecified atom stereocenters. The molecule has 5 heteroatoms. The fourth-order valence-corrected chi connectivity index (χ4v) is 2.71. The molecule has 0 fully saturated rings. The molecule has 3 aromatic rings. The highest BCUT2D eigenvalue weighted by molar-refractivity contribution is 6.06. The van der Waals surface area contributed by atoms with E-state index in [2.05, 4.69) is 15.6 Å². The van der Waals surface area contributed by atoms with Gasteiger partial charge >= 0.3 is 0 Å². The zero-order chi connectivity index (χ0) is 19.1. The highest BCUT2D eigenvalue weighted by Gasteiger charge is 2.12. The highest BCUT2D eigenvalue weighted by Crippen LogP contribution is 2.16. The van der Waals surface area contributed by atoms with Gasteiger partial charge in [-0.25, -0.2) is 0 Å². The Balaban J connectivity index is 1.69. The first kappa shape index (κ1) is 18.3. The Bertz CT molecular complexity index is 939. The molecule has 2 amide bonds. The van der Waals surface area contributed by atoms with Crippen LogP contribution in [-0.4, -0.2) is 16.8 Å². The molecule has 0 aliphatic rings. The first-order valence-corrected chi connectivity index (χ1v) is 8.84. The molecule has 2 N–H and O–H groups in total. The minimum Gasteiger partial charge on any atom is -0.348 e. The average Bonchev–Trinajstić information content (AvgIpc) is 2.73. The molecule has 0 aliphatic heterocycles. The molecule has 27 heavy (non-hydrogen) atoms. The smallest absolute Gasteiger partial charge is 0.257 e. The molecule has 0 atom stereocenters. The largest absolute Gasteiger partial charge is 0.348 e. The number of carbonyl (C=O) groups is 2. The number of para-hydroxylation sites is 1. The molecule has 1 heterocycles. The van der Waals surface area contributed by atoms with Crippen LogP contribution in [0.4, 0.5) is 5.69 Å². The van der Waals surface area contributed by atoms with E-state index >= 15 is 0 Å². The van der Waals surface area contributed by atoms with Gasteiger partial charge in [0.2, 0.25) is 0 Å². The van der Waals surface area contributed by atoms with E-state index in [9.17, 15) is 9.59 Å². The fraction of sp³-hybridized carbons (Fsp3) is 0.136. The molecule has 0 saturated heterocycles. The zero-order valence-electron chi connectivity index (χ0n) is 15.1. The maximum absolute atomic E-state index is 12.6. The minimum absolute atomic E-state index is 0.269. The van der Waals surface area contributed by atoms with E-state index in [-0.39, 0.29) is 11.8 Å². The molecule has 0 saturated carbocycles. The van der Waals surface area contributed by atoms with Crippen molar-refractivity contribution >= 4 is 17.5 Å². The molecule has 3 rings (SSSR count). The third kappa shape index (κ3) is 4.79. The van der Waals surface area contributed by atoms with Crippen molar-refractivity contribution < 1.29 is 9.59 Å². The van der Waals surface area contributed by atoms with E-state index < -0.39 is 0 Å². The number of carbonyl (C=O) groups excluding carboxylic acids is 2. The Morgan fingerprint density at radius 1 is 0.889 bits per heavy atom. The van der Waals surface area contributed by atoms with E-state index in [4.69, 9.17) is 0 Å². The lowest BCUT2D eigenvalue weighted by atomic mass is 10.1. The maximum atomic E-state index is 12.6. The van der Waals surface area contributed by atoms with Gasteiger partial charge in [-0.05, 0) is 29.7 Å². The van der Waals surface area contributed by atoms with Crippen LogP contribution in [0.15, 0.2) is 73.1 Å². The SMILES string of the molecule is CCc1ccccc1NC(=O)c1cncc(C(=O)NCc2ccccc2)c1. The van der Waals surface area contributed by atoms with Crippen molar-refractivity contribution in [3.05, 3.63) is 95.3 Å². The summed E-state index contributed by atoms with van der Waals surface area (Å²) in [6.45, 7) is 2.45. The van der Waals surface area contributed by atoms with Crippen molar-refractivity contribution in [2.24, 2.45) is 0 Å². The summed E-state index contributed by atoms with van der Waals surface area (Å²) in [6.07, 6.45) is 3.73. The summed E-state index contributed by atoms with van der Waals surface area (Å²) in [5.74, 6) is -0.559. The first-order chi connectivity index (χ1) is 13.2. The molecule has 0 radical (unpaired) electrons. The Morgan fingerprint density at radius 2 is 1.56 bits per heavy atom. The molecule has 0 aliphatic carbocycles. The van der Waals surface area contributed by atoms with Gasteiger partial charge < -0.3 is 10.6 Å². The van der Waals surface area contributed by atoms with Crippen LogP contribution >= 0.6 is 0 Å². The Kier molecular flexibility index (Phi) is 5.94. The van der Waals surface area contributed by atoms with Crippen molar-refractivity contribution in [3.63, 3.8) is 0 Å². The molecule has 136 valence electrons. The van der Waals surface area contributed by atoms with E-state index in [0.29, 0.717) is 17.7 Å². The summed E-state index contributed by atoms with van der Waals surface area (Å²) in [6, 6.07) is 18.8. The van der Waals surface area contributed by atoms with Gasteiger partial charge in [0.15, 0.2) is 0 Å². The molecule has 5 nitrogen and oxygen atoms in total. The van der Waals surface area contributed by atoms with E-state index in [1.165, 1.54) is 12.4 Å². The average molecular weight is 359 g/mol. The second kappa shape index (κ2) is 8.76. The van der Waals surface area contributed by atoms with Crippen LogP contribution in [0, 0.1) is 0 Å². The molecular weight excluding hydrogens is 338 g/mol. The van der Waals surface area contributed by atoms with Crippen molar-refractivity contribution in [2.45, 2.75) is 19.9 Å². The van der Waals surface area contributed by atoms with Gasteiger partial charge in [-0.3, -0.25) is 14.6 Å². The van der Waals surface area contributed by atoms with Gasteiger partial charge in [0.1, 0.15) is 0 Å². The number of hydrogen-bond acceptors (Lipinski definition) is 3. The summed E-state index contributed by atoms with van der Waals surface area (Å²) >= 11 is 0. The molecule has 2 aromatic carbocycles. The number of rotatable bonds is 6. The third-order valence-electron chi connectivity index (χ3n) is 4.20. The van der Waals surface area contributed by atoms with Crippen molar-refractivity contribution in [2.75, 3.05) is 5.32 Å². The van der Waals surface area contributed by atoms with Crippen LogP contribution < -0.4 is 10.6 Å². The number of aryl methyl sites for hydroxylation is 1. The molecule has 0 spiro atoms. The number of benzene rings is 2. The predicted molar refractivity (Wildman–Crippen MR) is 106 cm³/mol.